The molecule has 1 aliphatic heterocycles. The van der Waals surface area contributed by atoms with Gasteiger partial charge in [-0.25, -0.2) is 0 Å². The Morgan fingerprint density at radius 2 is 1.54 bits per heavy atom. The summed E-state index contributed by atoms with van der Waals surface area (Å²) < 4.78 is 0. The summed E-state index contributed by atoms with van der Waals surface area (Å²) >= 11 is 0. The number of benzene rings is 3. The summed E-state index contributed by atoms with van der Waals surface area (Å²) in [5.74, 6) is 0.114. The smallest absolute Gasteiger partial charge is 0.253 e. The molecule has 4 nitrogen and oxygen atoms in total. The first-order chi connectivity index (χ1) is 13.2. The van der Waals surface area contributed by atoms with Gasteiger partial charge in [-0.1, -0.05) is 54.6 Å². The van der Waals surface area contributed by atoms with Crippen LogP contribution in [0.15, 0.2) is 66.7 Å². The van der Waals surface area contributed by atoms with Gasteiger partial charge in [-0.15, -0.1) is 12.4 Å². The Hall–Kier alpha value is -2.40. The van der Waals surface area contributed by atoms with E-state index in [0.29, 0.717) is 6.54 Å². The van der Waals surface area contributed by atoms with Crippen molar-refractivity contribution < 1.29 is 4.79 Å². The summed E-state index contributed by atoms with van der Waals surface area (Å²) in [5, 5.41) is 2.60. The van der Waals surface area contributed by atoms with Gasteiger partial charge in [-0.2, -0.15) is 0 Å². The minimum atomic E-state index is 0. The molecule has 3 aromatic carbocycles. The number of hydrogen-bond acceptors (Lipinski definition) is 3. The average Bonchev–Trinajstić information content (AvgIpc) is 2.74. The van der Waals surface area contributed by atoms with Crippen molar-refractivity contribution in [1.29, 1.82) is 0 Å². The van der Waals surface area contributed by atoms with E-state index in [2.05, 4.69) is 47.4 Å². The van der Waals surface area contributed by atoms with E-state index in [4.69, 9.17) is 5.73 Å². The summed E-state index contributed by atoms with van der Waals surface area (Å²) in [5.41, 5.74) is 8.78. The third-order valence-corrected chi connectivity index (χ3v) is 5.37. The van der Waals surface area contributed by atoms with Crippen molar-refractivity contribution in [2.75, 3.05) is 26.2 Å². The SMILES string of the molecule is Cl.NCc1ccc(C(=O)N2CCN(Cc3cccc4ccccc34)CC2)cc1. The number of carbonyl (C=O) groups excluding carboxylic acids is 1. The molecule has 28 heavy (non-hydrogen) atoms. The molecule has 1 aliphatic rings. The minimum Gasteiger partial charge on any atom is -0.336 e. The Balaban J connectivity index is 0.00000225. The van der Waals surface area contributed by atoms with E-state index in [1.807, 2.05) is 29.2 Å². The van der Waals surface area contributed by atoms with Crippen molar-refractivity contribution in [2.24, 2.45) is 5.73 Å². The van der Waals surface area contributed by atoms with Crippen molar-refractivity contribution >= 4 is 29.1 Å². The van der Waals surface area contributed by atoms with Gasteiger partial charge >= 0.3 is 0 Å². The van der Waals surface area contributed by atoms with Gasteiger partial charge in [0.15, 0.2) is 0 Å². The number of nitrogens with two attached hydrogens (primary N) is 1. The molecule has 1 saturated heterocycles. The second-order valence-electron chi connectivity index (χ2n) is 7.11. The molecule has 0 aromatic heterocycles. The summed E-state index contributed by atoms with van der Waals surface area (Å²) in [6, 6.07) is 22.6. The van der Waals surface area contributed by atoms with Crippen LogP contribution in [0, 0.1) is 0 Å². The molecule has 146 valence electrons. The zero-order valence-electron chi connectivity index (χ0n) is 15.9. The molecule has 0 saturated carbocycles. The van der Waals surface area contributed by atoms with E-state index >= 15 is 0 Å². The van der Waals surface area contributed by atoms with Gasteiger partial charge in [-0.3, -0.25) is 9.69 Å². The van der Waals surface area contributed by atoms with E-state index in [9.17, 15) is 4.79 Å². The lowest BCUT2D eigenvalue weighted by atomic mass is 10.0. The predicted octanol–water partition coefficient (Wildman–Crippen LogP) is 3.68. The summed E-state index contributed by atoms with van der Waals surface area (Å²) in [7, 11) is 0. The van der Waals surface area contributed by atoms with Crippen molar-refractivity contribution in [3.63, 3.8) is 0 Å². The number of piperazine rings is 1. The molecule has 3 aromatic rings. The lowest BCUT2D eigenvalue weighted by Gasteiger charge is -2.35. The van der Waals surface area contributed by atoms with Crippen LogP contribution in [0.25, 0.3) is 10.8 Å². The van der Waals surface area contributed by atoms with Gasteiger partial charge in [0.1, 0.15) is 0 Å². The zero-order valence-corrected chi connectivity index (χ0v) is 16.7. The van der Waals surface area contributed by atoms with Crippen molar-refractivity contribution in [3.05, 3.63) is 83.4 Å². The molecule has 0 spiro atoms. The topological polar surface area (TPSA) is 49.6 Å². The molecule has 2 N–H and O–H groups in total. The van der Waals surface area contributed by atoms with Gasteiger partial charge in [-0.05, 0) is 34.0 Å². The highest BCUT2D eigenvalue weighted by molar-refractivity contribution is 5.94. The van der Waals surface area contributed by atoms with Crippen LogP contribution in [0.1, 0.15) is 21.5 Å². The molecule has 0 unspecified atom stereocenters. The summed E-state index contributed by atoms with van der Waals surface area (Å²) in [6.45, 7) is 4.76. The van der Waals surface area contributed by atoms with Gasteiger partial charge in [0.05, 0.1) is 0 Å². The van der Waals surface area contributed by atoms with Crippen molar-refractivity contribution in [1.82, 2.24) is 9.80 Å². The number of hydrogen-bond donors (Lipinski definition) is 1. The summed E-state index contributed by atoms with van der Waals surface area (Å²) in [4.78, 5) is 17.1. The lowest BCUT2D eigenvalue weighted by molar-refractivity contribution is 0.0629. The molecular formula is C23H26ClN3O. The maximum absolute atomic E-state index is 12.7. The second-order valence-corrected chi connectivity index (χ2v) is 7.11. The van der Waals surface area contributed by atoms with E-state index in [1.54, 1.807) is 0 Å². The number of carbonyl (C=O) groups is 1. The molecule has 0 radical (unpaired) electrons. The van der Waals surface area contributed by atoms with Crippen LogP contribution in [0.5, 0.6) is 0 Å². The highest BCUT2D eigenvalue weighted by Crippen LogP contribution is 2.21. The normalized spacial score (nSPS) is 14.7. The Labute approximate surface area is 172 Å². The fourth-order valence-corrected chi connectivity index (χ4v) is 3.75. The van der Waals surface area contributed by atoms with Crippen LogP contribution >= 0.6 is 12.4 Å². The van der Waals surface area contributed by atoms with Crippen LogP contribution in [0.2, 0.25) is 0 Å². The van der Waals surface area contributed by atoms with Crippen LogP contribution < -0.4 is 5.73 Å². The molecule has 1 heterocycles. The van der Waals surface area contributed by atoms with Crippen LogP contribution in [-0.2, 0) is 13.1 Å². The van der Waals surface area contributed by atoms with E-state index in [1.165, 1.54) is 16.3 Å². The molecule has 0 aliphatic carbocycles. The van der Waals surface area contributed by atoms with Crippen molar-refractivity contribution in [2.45, 2.75) is 13.1 Å². The average molecular weight is 396 g/mol. The number of amides is 1. The largest absolute Gasteiger partial charge is 0.336 e. The Morgan fingerprint density at radius 3 is 2.25 bits per heavy atom. The molecule has 0 atom stereocenters. The monoisotopic (exact) mass is 395 g/mol. The number of fused-ring (bicyclic) bond motifs is 1. The summed E-state index contributed by atoms with van der Waals surface area (Å²) in [6.07, 6.45) is 0. The molecule has 0 bridgehead atoms. The fraction of sp³-hybridized carbons (Fsp3) is 0.261. The Morgan fingerprint density at radius 1 is 0.857 bits per heavy atom. The van der Waals surface area contributed by atoms with E-state index in [-0.39, 0.29) is 18.3 Å². The first-order valence-corrected chi connectivity index (χ1v) is 9.52. The second kappa shape index (κ2) is 9.20. The highest BCUT2D eigenvalue weighted by atomic mass is 35.5. The molecule has 5 heteroatoms. The van der Waals surface area contributed by atoms with Crippen LogP contribution in [-0.4, -0.2) is 41.9 Å². The van der Waals surface area contributed by atoms with Crippen LogP contribution in [0.3, 0.4) is 0 Å². The zero-order chi connectivity index (χ0) is 18.6. The Bertz CT molecular complexity index is 929. The van der Waals surface area contributed by atoms with Crippen molar-refractivity contribution in [3.8, 4) is 0 Å². The third kappa shape index (κ3) is 4.36. The number of halogens is 1. The van der Waals surface area contributed by atoms with Crippen LogP contribution in [0.4, 0.5) is 0 Å². The quantitative estimate of drug-likeness (QED) is 0.733. The standard InChI is InChI=1S/C23H25N3O.ClH/c24-16-18-8-10-20(11-9-18)23(27)26-14-12-25(13-15-26)17-21-6-3-5-19-4-1-2-7-22(19)21;/h1-11H,12-17,24H2;1H. The fourth-order valence-electron chi connectivity index (χ4n) is 3.75. The van der Waals surface area contributed by atoms with E-state index < -0.39 is 0 Å². The first kappa shape index (κ1) is 20.3. The molecule has 1 fully saturated rings. The maximum atomic E-state index is 12.7. The lowest BCUT2D eigenvalue weighted by Crippen LogP contribution is -2.48. The molecule has 4 rings (SSSR count). The predicted molar refractivity (Wildman–Crippen MR) is 117 cm³/mol. The van der Waals surface area contributed by atoms with Gasteiger partial charge in [0, 0.05) is 44.8 Å². The first-order valence-electron chi connectivity index (χ1n) is 9.52. The van der Waals surface area contributed by atoms with Gasteiger partial charge in [0.2, 0.25) is 0 Å². The van der Waals surface area contributed by atoms with Gasteiger partial charge < -0.3 is 10.6 Å². The van der Waals surface area contributed by atoms with Gasteiger partial charge in [0.25, 0.3) is 5.91 Å². The maximum Gasteiger partial charge on any atom is 0.253 e. The molecular weight excluding hydrogens is 370 g/mol. The molecule has 1 amide bonds. The minimum absolute atomic E-state index is 0. The highest BCUT2D eigenvalue weighted by Gasteiger charge is 2.22. The third-order valence-electron chi connectivity index (χ3n) is 5.37. The Kier molecular flexibility index (Phi) is 6.68. The number of nitrogens with zero attached hydrogens (tertiary/aromatic N) is 2. The van der Waals surface area contributed by atoms with E-state index in [0.717, 1.165) is 43.9 Å². The number of rotatable bonds is 4.